The molecule has 0 spiro atoms. The fraction of sp³-hybridized carbons (Fsp3) is 0.440. The van der Waals surface area contributed by atoms with Gasteiger partial charge in [-0.1, -0.05) is 18.0 Å². The van der Waals surface area contributed by atoms with Gasteiger partial charge < -0.3 is 16.0 Å². The minimum Gasteiger partial charge on any atom is -0.368 e. The highest BCUT2D eigenvalue weighted by atomic mass is 35.5. The minimum atomic E-state index is -0.639. The molecule has 1 aromatic heterocycles. The number of halogens is 1. The summed E-state index contributed by atoms with van der Waals surface area (Å²) >= 11 is 5.89. The van der Waals surface area contributed by atoms with E-state index in [-0.39, 0.29) is 17.6 Å². The zero-order chi connectivity index (χ0) is 24.3. The van der Waals surface area contributed by atoms with Gasteiger partial charge in [-0.3, -0.25) is 19.3 Å². The molecule has 2 aliphatic heterocycles. The molecule has 0 bridgehead atoms. The monoisotopic (exact) mass is 483 g/mol. The summed E-state index contributed by atoms with van der Waals surface area (Å²) in [7, 11) is 0. The second-order valence-electron chi connectivity index (χ2n) is 9.04. The number of piperidine rings is 2. The molecule has 3 N–H and O–H groups in total. The van der Waals surface area contributed by atoms with Crippen molar-refractivity contribution >= 4 is 40.7 Å². The zero-order valence-electron chi connectivity index (χ0n) is 19.3. The van der Waals surface area contributed by atoms with E-state index in [0.29, 0.717) is 53.6 Å². The van der Waals surface area contributed by atoms with Gasteiger partial charge in [0.05, 0.1) is 17.4 Å². The minimum absolute atomic E-state index is 0.145. The lowest BCUT2D eigenvalue weighted by molar-refractivity contribution is -0.132. The number of primary amides is 1. The molecule has 2 aliphatic rings. The molecule has 0 radical (unpaired) electrons. The topological polar surface area (TPSA) is 109 Å². The van der Waals surface area contributed by atoms with E-state index in [1.165, 1.54) is 13.3 Å². The van der Waals surface area contributed by atoms with Crippen LogP contribution in [-0.4, -0.2) is 59.2 Å². The lowest BCUT2D eigenvalue weighted by Gasteiger charge is -2.48. The average Bonchev–Trinajstić information content (AvgIpc) is 2.85. The van der Waals surface area contributed by atoms with Crippen molar-refractivity contribution in [1.29, 1.82) is 0 Å². The van der Waals surface area contributed by atoms with E-state index in [2.05, 4.69) is 15.2 Å². The Labute approximate surface area is 204 Å². The summed E-state index contributed by atoms with van der Waals surface area (Å²) in [5, 5.41) is 3.34. The van der Waals surface area contributed by atoms with Gasteiger partial charge in [0.15, 0.2) is 5.78 Å². The van der Waals surface area contributed by atoms with E-state index in [1.54, 1.807) is 36.5 Å². The number of pyridine rings is 1. The smallest absolute Gasteiger partial charge is 0.255 e. The van der Waals surface area contributed by atoms with Gasteiger partial charge in [-0.15, -0.1) is 0 Å². The Bertz CT molecular complexity index is 1070. The first-order chi connectivity index (χ1) is 16.3. The predicted molar refractivity (Wildman–Crippen MR) is 132 cm³/mol. The first kappa shape index (κ1) is 24.2. The van der Waals surface area contributed by atoms with Gasteiger partial charge in [0.2, 0.25) is 5.91 Å². The van der Waals surface area contributed by atoms with Crippen molar-refractivity contribution in [2.75, 3.05) is 36.4 Å². The van der Waals surface area contributed by atoms with E-state index in [1.807, 2.05) is 4.90 Å². The van der Waals surface area contributed by atoms with E-state index in [0.717, 1.165) is 25.9 Å². The molecule has 0 aliphatic carbocycles. The third kappa shape index (κ3) is 4.93. The van der Waals surface area contributed by atoms with Crippen LogP contribution in [0.2, 0.25) is 5.02 Å². The van der Waals surface area contributed by atoms with Crippen LogP contribution in [0.15, 0.2) is 36.5 Å². The number of nitrogens with one attached hydrogen (secondary N) is 1. The van der Waals surface area contributed by atoms with E-state index >= 15 is 0 Å². The summed E-state index contributed by atoms with van der Waals surface area (Å²) in [6, 6.07) is 8.20. The van der Waals surface area contributed by atoms with Gasteiger partial charge in [-0.2, -0.15) is 0 Å². The molecule has 2 aromatic rings. The molecule has 2 amide bonds. The number of nitrogens with zero attached hydrogens (tertiary/aromatic N) is 3. The first-order valence-corrected chi connectivity index (χ1v) is 12.1. The third-order valence-electron chi connectivity index (χ3n) is 6.92. The highest BCUT2D eigenvalue weighted by molar-refractivity contribution is 6.30. The predicted octanol–water partition coefficient (Wildman–Crippen LogP) is 3.50. The molecule has 180 valence electrons. The fourth-order valence-corrected chi connectivity index (χ4v) is 5.10. The first-order valence-electron chi connectivity index (χ1n) is 11.7. The van der Waals surface area contributed by atoms with Gasteiger partial charge in [0.1, 0.15) is 11.4 Å². The molecular formula is C25H30ClN5O3. The SMILES string of the molecule is CC(=O)c1cc(NC(=O)c2ccc(Cl)cc2)cnc1N1CCC(C(N)=O)(N2CCCCC2)CC1. The van der Waals surface area contributed by atoms with Crippen LogP contribution >= 0.6 is 11.6 Å². The Kier molecular flexibility index (Phi) is 7.19. The molecule has 1 aromatic carbocycles. The van der Waals surface area contributed by atoms with Crippen molar-refractivity contribution < 1.29 is 14.4 Å². The number of aromatic nitrogens is 1. The van der Waals surface area contributed by atoms with Crippen molar-refractivity contribution in [3.63, 3.8) is 0 Å². The second kappa shape index (κ2) is 10.1. The summed E-state index contributed by atoms with van der Waals surface area (Å²) < 4.78 is 0. The normalized spacial score (nSPS) is 18.4. The number of ketones is 1. The number of amides is 2. The number of carbonyl (C=O) groups excluding carboxylic acids is 3. The maximum Gasteiger partial charge on any atom is 0.255 e. The molecule has 8 nitrogen and oxygen atoms in total. The zero-order valence-corrected chi connectivity index (χ0v) is 20.1. The van der Waals surface area contributed by atoms with E-state index in [4.69, 9.17) is 17.3 Å². The van der Waals surface area contributed by atoms with E-state index < -0.39 is 5.54 Å². The molecule has 0 unspecified atom stereocenters. The third-order valence-corrected chi connectivity index (χ3v) is 7.17. The number of hydrogen-bond acceptors (Lipinski definition) is 6. The number of Topliss-reactive ketones (excluding diaryl/α,β-unsaturated/α-hetero) is 1. The lowest BCUT2D eigenvalue weighted by Crippen LogP contribution is -2.63. The largest absolute Gasteiger partial charge is 0.368 e. The number of nitrogens with two attached hydrogens (primary N) is 1. The number of likely N-dealkylation sites (tertiary alicyclic amines) is 1. The van der Waals surface area contributed by atoms with Crippen molar-refractivity contribution in [2.45, 2.75) is 44.6 Å². The van der Waals surface area contributed by atoms with Crippen LogP contribution < -0.4 is 16.0 Å². The Morgan fingerprint density at radius 2 is 1.68 bits per heavy atom. The molecule has 2 fully saturated rings. The van der Waals surface area contributed by atoms with Crippen LogP contribution in [0.5, 0.6) is 0 Å². The lowest BCUT2D eigenvalue weighted by atomic mass is 9.83. The van der Waals surface area contributed by atoms with Gasteiger partial charge in [-0.25, -0.2) is 4.98 Å². The summed E-state index contributed by atoms with van der Waals surface area (Å²) in [5.74, 6) is -0.165. The highest BCUT2D eigenvalue weighted by Gasteiger charge is 2.45. The Balaban J connectivity index is 1.51. The maximum atomic E-state index is 12.6. The summed E-state index contributed by atoms with van der Waals surface area (Å²) in [4.78, 5) is 46.4. The number of benzene rings is 1. The quantitative estimate of drug-likeness (QED) is 0.609. The van der Waals surface area contributed by atoms with Gasteiger partial charge >= 0.3 is 0 Å². The van der Waals surface area contributed by atoms with Gasteiger partial charge in [0.25, 0.3) is 5.91 Å². The van der Waals surface area contributed by atoms with Crippen molar-refractivity contribution in [1.82, 2.24) is 9.88 Å². The molecule has 2 saturated heterocycles. The van der Waals surface area contributed by atoms with Crippen molar-refractivity contribution in [3.8, 4) is 0 Å². The van der Waals surface area contributed by atoms with Crippen LogP contribution in [-0.2, 0) is 4.79 Å². The van der Waals surface area contributed by atoms with Gasteiger partial charge in [-0.05, 0) is 76.0 Å². The van der Waals surface area contributed by atoms with Crippen LogP contribution in [0, 0.1) is 0 Å². The summed E-state index contributed by atoms with van der Waals surface area (Å²) in [6.07, 6.45) is 6.09. The van der Waals surface area contributed by atoms with Crippen LogP contribution in [0.25, 0.3) is 0 Å². The Morgan fingerprint density at radius 1 is 1.03 bits per heavy atom. The van der Waals surface area contributed by atoms with Crippen LogP contribution in [0.1, 0.15) is 59.7 Å². The number of rotatable bonds is 6. The molecule has 4 rings (SSSR count). The Hall–Kier alpha value is -2.97. The van der Waals surface area contributed by atoms with Crippen molar-refractivity contribution in [2.24, 2.45) is 5.73 Å². The number of hydrogen-bond donors (Lipinski definition) is 2. The molecule has 9 heteroatoms. The standard InChI is InChI=1S/C25H30ClN5O3/c1-17(32)21-15-20(29-23(33)18-5-7-19(26)8-6-18)16-28-22(21)30-13-9-25(10-14-30,24(27)34)31-11-3-2-4-12-31/h5-8,15-16H,2-4,9-14H2,1H3,(H2,27,34)(H,29,33). The number of carbonyl (C=O) groups is 3. The molecule has 34 heavy (non-hydrogen) atoms. The van der Waals surface area contributed by atoms with Gasteiger partial charge in [0, 0.05) is 23.7 Å². The molecule has 0 atom stereocenters. The Morgan fingerprint density at radius 3 is 2.26 bits per heavy atom. The van der Waals surface area contributed by atoms with Crippen LogP contribution in [0.4, 0.5) is 11.5 Å². The fourth-order valence-electron chi connectivity index (χ4n) is 4.97. The highest BCUT2D eigenvalue weighted by Crippen LogP contribution is 2.34. The molecule has 3 heterocycles. The average molecular weight is 484 g/mol. The molecular weight excluding hydrogens is 454 g/mol. The maximum absolute atomic E-state index is 12.6. The van der Waals surface area contributed by atoms with Crippen molar-refractivity contribution in [3.05, 3.63) is 52.7 Å². The second-order valence-corrected chi connectivity index (χ2v) is 9.48. The number of anilines is 2. The molecule has 0 saturated carbocycles. The summed E-state index contributed by atoms with van der Waals surface area (Å²) in [6.45, 7) is 4.41. The van der Waals surface area contributed by atoms with Crippen LogP contribution in [0.3, 0.4) is 0 Å². The van der Waals surface area contributed by atoms with E-state index in [9.17, 15) is 14.4 Å². The summed E-state index contributed by atoms with van der Waals surface area (Å²) in [5.41, 5.74) is 6.58.